The first-order valence-electron chi connectivity index (χ1n) is 32.1. The molecule has 0 spiro atoms. The van der Waals surface area contributed by atoms with E-state index in [4.69, 9.17) is 14.2 Å². The van der Waals surface area contributed by atoms with E-state index in [1.165, 1.54) is 154 Å². The lowest BCUT2D eigenvalue weighted by Gasteiger charge is -2.18. The van der Waals surface area contributed by atoms with Gasteiger partial charge in [0, 0.05) is 19.3 Å². The van der Waals surface area contributed by atoms with Gasteiger partial charge in [-0.25, -0.2) is 0 Å². The molecule has 0 radical (unpaired) electrons. The molecule has 0 rings (SSSR count). The molecule has 0 aromatic rings. The van der Waals surface area contributed by atoms with Crippen LogP contribution in [0.15, 0.2) is 85.1 Å². The zero-order valence-corrected chi connectivity index (χ0v) is 49.6. The maximum absolute atomic E-state index is 12.9. The summed E-state index contributed by atoms with van der Waals surface area (Å²) >= 11 is 0. The molecular formula is C69H120O6. The smallest absolute Gasteiger partial charge is 0.306 e. The van der Waals surface area contributed by atoms with E-state index in [2.05, 4.69) is 106 Å². The lowest BCUT2D eigenvalue weighted by Crippen LogP contribution is -2.30. The van der Waals surface area contributed by atoms with Gasteiger partial charge in [-0.2, -0.15) is 0 Å². The second kappa shape index (κ2) is 63.1. The molecule has 0 aliphatic rings. The number of carbonyl (C=O) groups excluding carboxylic acids is 3. The summed E-state index contributed by atoms with van der Waals surface area (Å²) in [5.41, 5.74) is 0. The van der Waals surface area contributed by atoms with Gasteiger partial charge in [0.25, 0.3) is 0 Å². The van der Waals surface area contributed by atoms with Gasteiger partial charge in [0.05, 0.1) is 0 Å². The number of rotatable bonds is 58. The number of ether oxygens (including phenoxy) is 3. The molecule has 0 aromatic carbocycles. The van der Waals surface area contributed by atoms with Crippen LogP contribution in [-0.4, -0.2) is 37.2 Å². The maximum Gasteiger partial charge on any atom is 0.306 e. The quantitative estimate of drug-likeness (QED) is 0.0261. The fourth-order valence-corrected chi connectivity index (χ4v) is 9.05. The van der Waals surface area contributed by atoms with Crippen molar-refractivity contribution in [3.05, 3.63) is 85.1 Å². The van der Waals surface area contributed by atoms with E-state index < -0.39 is 6.10 Å². The minimum Gasteiger partial charge on any atom is -0.462 e. The van der Waals surface area contributed by atoms with Gasteiger partial charge in [0.1, 0.15) is 13.2 Å². The SMILES string of the molecule is CC/C=C\C/C=C\C/C=C\CCCCCCCC(=O)OCC(COC(=O)CCCCCCCCCCCCC/C=C\CCCCCCCCCC)OC(=O)CCCCCCCC/C=C\C/C=C\C/C=C\CCCCC. The third-order valence-electron chi connectivity index (χ3n) is 13.9. The Morgan fingerprint density at radius 1 is 0.280 bits per heavy atom. The highest BCUT2D eigenvalue weighted by Gasteiger charge is 2.19. The van der Waals surface area contributed by atoms with Crippen molar-refractivity contribution >= 4 is 17.9 Å². The highest BCUT2D eigenvalue weighted by molar-refractivity contribution is 5.71. The van der Waals surface area contributed by atoms with Crippen molar-refractivity contribution in [3.8, 4) is 0 Å². The highest BCUT2D eigenvalue weighted by Crippen LogP contribution is 2.16. The number of allylic oxidation sites excluding steroid dienone is 14. The molecule has 0 heterocycles. The van der Waals surface area contributed by atoms with Crippen LogP contribution in [-0.2, 0) is 28.6 Å². The van der Waals surface area contributed by atoms with Gasteiger partial charge in [-0.1, -0.05) is 266 Å². The van der Waals surface area contributed by atoms with Crippen LogP contribution < -0.4 is 0 Å². The van der Waals surface area contributed by atoms with E-state index >= 15 is 0 Å². The Hall–Kier alpha value is -3.41. The van der Waals surface area contributed by atoms with Gasteiger partial charge < -0.3 is 14.2 Å². The molecule has 75 heavy (non-hydrogen) atoms. The van der Waals surface area contributed by atoms with E-state index in [0.717, 1.165) is 122 Å². The number of hydrogen-bond acceptors (Lipinski definition) is 6. The predicted octanol–water partition coefficient (Wildman–Crippen LogP) is 21.9. The van der Waals surface area contributed by atoms with Gasteiger partial charge in [0.15, 0.2) is 6.10 Å². The molecule has 6 heteroatoms. The molecule has 1 atom stereocenters. The number of carbonyl (C=O) groups is 3. The summed E-state index contributed by atoms with van der Waals surface area (Å²) in [6, 6.07) is 0. The van der Waals surface area contributed by atoms with Gasteiger partial charge in [-0.05, 0) is 116 Å². The summed E-state index contributed by atoms with van der Waals surface area (Å²) < 4.78 is 16.9. The second-order valence-electron chi connectivity index (χ2n) is 21.3. The van der Waals surface area contributed by atoms with E-state index in [9.17, 15) is 14.4 Å². The molecule has 0 saturated carbocycles. The summed E-state index contributed by atoms with van der Waals surface area (Å²) in [5.74, 6) is -0.907. The number of unbranched alkanes of at least 4 members (excludes halogenated alkanes) is 33. The summed E-state index contributed by atoms with van der Waals surface area (Å²) in [6.07, 6.45) is 83.0. The molecule has 0 amide bonds. The summed E-state index contributed by atoms with van der Waals surface area (Å²) in [4.78, 5) is 38.3. The Bertz CT molecular complexity index is 1430. The van der Waals surface area contributed by atoms with Crippen LogP contribution in [0.1, 0.15) is 316 Å². The molecule has 1 unspecified atom stereocenters. The molecule has 0 fully saturated rings. The molecule has 0 N–H and O–H groups in total. The molecule has 0 aromatic heterocycles. The standard InChI is InChI=1S/C69H120O6/c1-4-7-10-13-16-19-22-25-28-30-32-33-34-35-37-38-41-44-47-50-53-56-59-62-68(71)74-65-66(64-73-67(70)61-58-55-52-49-46-43-40-27-24-21-18-15-12-9-6-3)75-69(72)63-60-57-54-51-48-45-42-39-36-31-29-26-23-20-17-14-11-8-5-2/h9,12,17-18,20-21,26-27,29-30,32,36,39-40,66H,4-8,10-11,13-16,19,22-25,28,31,33-35,37-38,41-65H2,1-3H3/b12-9-,20-17-,21-18-,29-26-,32-30-,39-36-,40-27-. The molecule has 6 nitrogen and oxygen atoms in total. The Morgan fingerprint density at radius 2 is 0.520 bits per heavy atom. The van der Waals surface area contributed by atoms with Crippen LogP contribution >= 0.6 is 0 Å². The highest BCUT2D eigenvalue weighted by atomic mass is 16.6. The third-order valence-corrected chi connectivity index (χ3v) is 13.9. The maximum atomic E-state index is 12.9. The zero-order valence-electron chi connectivity index (χ0n) is 49.6. The van der Waals surface area contributed by atoms with E-state index in [0.29, 0.717) is 19.3 Å². The largest absolute Gasteiger partial charge is 0.462 e. The first-order valence-corrected chi connectivity index (χ1v) is 32.1. The van der Waals surface area contributed by atoms with Crippen LogP contribution in [0.25, 0.3) is 0 Å². The fourth-order valence-electron chi connectivity index (χ4n) is 9.05. The van der Waals surface area contributed by atoms with E-state index in [-0.39, 0.29) is 31.1 Å². The van der Waals surface area contributed by atoms with Crippen LogP contribution in [0.3, 0.4) is 0 Å². The van der Waals surface area contributed by atoms with Crippen LogP contribution in [0, 0.1) is 0 Å². The van der Waals surface area contributed by atoms with Crippen molar-refractivity contribution in [2.45, 2.75) is 322 Å². The summed E-state index contributed by atoms with van der Waals surface area (Å²) in [6.45, 7) is 6.51. The van der Waals surface area contributed by atoms with Crippen molar-refractivity contribution < 1.29 is 28.6 Å². The Balaban J connectivity index is 4.37. The molecule has 0 saturated heterocycles. The average molecular weight is 1050 g/mol. The topological polar surface area (TPSA) is 78.9 Å². The third kappa shape index (κ3) is 61.3. The normalized spacial score (nSPS) is 12.6. The first-order chi connectivity index (χ1) is 37.0. The lowest BCUT2D eigenvalue weighted by molar-refractivity contribution is -0.167. The molecular weight excluding hydrogens is 925 g/mol. The van der Waals surface area contributed by atoms with Crippen LogP contribution in [0.5, 0.6) is 0 Å². The second-order valence-corrected chi connectivity index (χ2v) is 21.3. The minimum absolute atomic E-state index is 0.0871. The first kappa shape index (κ1) is 71.6. The summed E-state index contributed by atoms with van der Waals surface area (Å²) in [7, 11) is 0. The Labute approximate surface area is 465 Å². The summed E-state index contributed by atoms with van der Waals surface area (Å²) in [5, 5.41) is 0. The van der Waals surface area contributed by atoms with Gasteiger partial charge >= 0.3 is 17.9 Å². The predicted molar refractivity (Wildman–Crippen MR) is 325 cm³/mol. The number of esters is 3. The van der Waals surface area contributed by atoms with E-state index in [1.54, 1.807) is 0 Å². The zero-order chi connectivity index (χ0) is 54.3. The monoisotopic (exact) mass is 1040 g/mol. The minimum atomic E-state index is -0.793. The van der Waals surface area contributed by atoms with Crippen molar-refractivity contribution in [2.75, 3.05) is 13.2 Å². The van der Waals surface area contributed by atoms with Gasteiger partial charge in [-0.3, -0.25) is 14.4 Å². The number of hydrogen-bond donors (Lipinski definition) is 0. The van der Waals surface area contributed by atoms with Crippen molar-refractivity contribution in [2.24, 2.45) is 0 Å². The average Bonchev–Trinajstić information content (AvgIpc) is 3.41. The van der Waals surface area contributed by atoms with Crippen molar-refractivity contribution in [3.63, 3.8) is 0 Å². The Kier molecular flexibility index (Phi) is 60.3. The van der Waals surface area contributed by atoms with Crippen LogP contribution in [0.2, 0.25) is 0 Å². The molecule has 432 valence electrons. The lowest BCUT2D eigenvalue weighted by atomic mass is 10.0. The van der Waals surface area contributed by atoms with Crippen LogP contribution in [0.4, 0.5) is 0 Å². The fraction of sp³-hybridized carbons (Fsp3) is 0.754. The van der Waals surface area contributed by atoms with Gasteiger partial charge in [-0.15, -0.1) is 0 Å². The van der Waals surface area contributed by atoms with E-state index in [1.807, 2.05) is 0 Å². The van der Waals surface area contributed by atoms with Crippen molar-refractivity contribution in [1.29, 1.82) is 0 Å². The molecule has 0 aliphatic heterocycles. The van der Waals surface area contributed by atoms with Gasteiger partial charge in [0.2, 0.25) is 0 Å². The molecule has 0 aliphatic carbocycles. The Morgan fingerprint density at radius 3 is 0.853 bits per heavy atom. The molecule has 0 bridgehead atoms. The van der Waals surface area contributed by atoms with Crippen molar-refractivity contribution in [1.82, 2.24) is 0 Å².